The Morgan fingerprint density at radius 3 is 2.97 bits per heavy atom. The van der Waals surface area contributed by atoms with E-state index in [2.05, 4.69) is 25.6 Å². The van der Waals surface area contributed by atoms with Crippen LogP contribution in [0.5, 0.6) is 0 Å². The molecule has 29 heavy (non-hydrogen) atoms. The molecule has 2 saturated heterocycles. The number of carbonyl (C=O) groups excluding carboxylic acids is 1. The van der Waals surface area contributed by atoms with Crippen LogP contribution in [0.15, 0.2) is 36.8 Å². The van der Waals surface area contributed by atoms with Crippen LogP contribution in [0.2, 0.25) is 5.02 Å². The molecule has 0 radical (unpaired) electrons. The van der Waals surface area contributed by atoms with E-state index in [0.717, 1.165) is 29.7 Å². The molecule has 0 bridgehead atoms. The predicted molar refractivity (Wildman–Crippen MR) is 109 cm³/mol. The van der Waals surface area contributed by atoms with Crippen molar-refractivity contribution in [2.45, 2.75) is 37.4 Å². The van der Waals surface area contributed by atoms with Crippen molar-refractivity contribution in [3.05, 3.63) is 47.6 Å². The molecule has 7 nitrogen and oxygen atoms in total. The van der Waals surface area contributed by atoms with Crippen molar-refractivity contribution in [2.75, 3.05) is 17.2 Å². The molecule has 0 saturated carbocycles. The first-order valence-electron chi connectivity index (χ1n) is 9.64. The number of hydrogen-bond donors (Lipinski definition) is 3. The second kappa shape index (κ2) is 7.18. The van der Waals surface area contributed by atoms with Gasteiger partial charge in [-0.05, 0) is 43.5 Å². The van der Waals surface area contributed by atoms with Gasteiger partial charge in [0.05, 0.1) is 5.39 Å². The van der Waals surface area contributed by atoms with E-state index >= 15 is 0 Å². The molecule has 5 rings (SSSR count). The van der Waals surface area contributed by atoms with E-state index in [9.17, 15) is 9.18 Å². The molecule has 2 fully saturated rings. The number of rotatable bonds is 4. The van der Waals surface area contributed by atoms with Crippen molar-refractivity contribution < 1.29 is 9.18 Å². The van der Waals surface area contributed by atoms with Gasteiger partial charge >= 0.3 is 0 Å². The molecule has 150 valence electrons. The summed E-state index contributed by atoms with van der Waals surface area (Å²) in [6, 6.07) is 6.12. The maximum Gasteiger partial charge on any atom is 0.245 e. The molecule has 9 heteroatoms. The number of fused-ring (bicyclic) bond motifs is 2. The molecular formula is C20H20ClFN6O. The Balaban J connectivity index is 1.28. The van der Waals surface area contributed by atoms with Crippen molar-refractivity contribution in [2.24, 2.45) is 0 Å². The fraction of sp³-hybridized carbons (Fsp3) is 0.350. The summed E-state index contributed by atoms with van der Waals surface area (Å²) in [6.45, 7) is 0.613. The Labute approximate surface area is 171 Å². The highest BCUT2D eigenvalue weighted by Crippen LogP contribution is 2.32. The van der Waals surface area contributed by atoms with E-state index in [-0.39, 0.29) is 24.0 Å². The molecular weight excluding hydrogens is 395 g/mol. The predicted octanol–water partition coefficient (Wildman–Crippen LogP) is 3.41. The van der Waals surface area contributed by atoms with Gasteiger partial charge in [0.2, 0.25) is 5.91 Å². The molecule has 3 N–H and O–H groups in total. The van der Waals surface area contributed by atoms with Crippen LogP contribution in [0.25, 0.3) is 11.0 Å². The van der Waals surface area contributed by atoms with E-state index in [1.165, 1.54) is 18.5 Å². The number of nitrogens with zero attached hydrogens (tertiary/aromatic N) is 3. The number of carbonyl (C=O) groups is 1. The third-order valence-corrected chi connectivity index (χ3v) is 5.91. The number of piperidine rings is 1. The number of amides is 1. The van der Waals surface area contributed by atoms with Gasteiger partial charge in [0.1, 0.15) is 29.7 Å². The van der Waals surface area contributed by atoms with E-state index in [0.29, 0.717) is 23.7 Å². The van der Waals surface area contributed by atoms with Crippen LogP contribution in [-0.2, 0) is 4.79 Å². The molecule has 1 aromatic carbocycles. The number of aromatic amines is 1. The molecule has 2 aromatic heterocycles. The Hall–Kier alpha value is -2.87. The smallest absolute Gasteiger partial charge is 0.245 e. The number of anilines is 2. The molecule has 0 aliphatic carbocycles. The highest BCUT2D eigenvalue weighted by atomic mass is 35.5. The minimum atomic E-state index is -0.423. The highest BCUT2D eigenvalue weighted by molar-refractivity contribution is 6.30. The first kappa shape index (κ1) is 18.2. The fourth-order valence-electron chi connectivity index (χ4n) is 4.37. The van der Waals surface area contributed by atoms with Crippen LogP contribution >= 0.6 is 11.6 Å². The van der Waals surface area contributed by atoms with E-state index in [1.807, 2.05) is 17.2 Å². The zero-order chi connectivity index (χ0) is 20.0. The maximum atomic E-state index is 13.6. The Kier molecular flexibility index (Phi) is 4.50. The highest BCUT2D eigenvalue weighted by Gasteiger charge is 2.42. The number of hydrogen-bond acceptors (Lipinski definition) is 5. The van der Waals surface area contributed by atoms with Crippen molar-refractivity contribution in [3.8, 4) is 0 Å². The molecule has 2 aliphatic heterocycles. The van der Waals surface area contributed by atoms with Gasteiger partial charge in [-0.3, -0.25) is 4.79 Å². The zero-order valence-electron chi connectivity index (χ0n) is 15.5. The zero-order valence-corrected chi connectivity index (χ0v) is 16.3. The van der Waals surface area contributed by atoms with Crippen molar-refractivity contribution in [1.82, 2.24) is 19.9 Å². The minimum Gasteiger partial charge on any atom is -0.373 e. The van der Waals surface area contributed by atoms with Crippen molar-refractivity contribution in [3.63, 3.8) is 0 Å². The van der Waals surface area contributed by atoms with Gasteiger partial charge in [-0.2, -0.15) is 0 Å². The van der Waals surface area contributed by atoms with Gasteiger partial charge in [-0.1, -0.05) is 11.6 Å². The first-order chi connectivity index (χ1) is 14.1. The summed E-state index contributed by atoms with van der Waals surface area (Å²) in [6.07, 6.45) is 5.92. The number of halogens is 2. The lowest BCUT2D eigenvalue weighted by molar-refractivity contribution is -0.130. The van der Waals surface area contributed by atoms with Crippen LogP contribution in [0, 0.1) is 5.82 Å². The molecule has 3 unspecified atom stereocenters. The summed E-state index contributed by atoms with van der Waals surface area (Å²) in [5, 5.41) is 7.86. The van der Waals surface area contributed by atoms with E-state index in [4.69, 9.17) is 11.6 Å². The van der Waals surface area contributed by atoms with E-state index in [1.54, 1.807) is 6.07 Å². The standard InChI is InChI=1S/C20H20ClFN6O/c21-11-5-12(22)7-14(6-11)26-17-8-15-2-1-13(9-28(15)20(17)29)27-19-16-3-4-23-18(16)24-10-25-19/h3-7,10,13,15,17,26H,1-2,8-9H2,(H2,23,24,25,27). The minimum absolute atomic E-state index is 0.0383. The third-order valence-electron chi connectivity index (χ3n) is 5.69. The third kappa shape index (κ3) is 3.48. The number of nitrogens with one attached hydrogen (secondary N) is 3. The van der Waals surface area contributed by atoms with Crippen molar-refractivity contribution >= 4 is 40.0 Å². The summed E-state index contributed by atoms with van der Waals surface area (Å²) in [4.78, 5) is 26.5. The largest absolute Gasteiger partial charge is 0.373 e. The second-order valence-electron chi connectivity index (χ2n) is 7.62. The Morgan fingerprint density at radius 1 is 1.21 bits per heavy atom. The molecule has 1 amide bonds. The Bertz CT molecular complexity index is 1050. The van der Waals surface area contributed by atoms with Crippen LogP contribution in [-0.4, -0.2) is 50.4 Å². The number of benzene rings is 1. The van der Waals surface area contributed by atoms with Gasteiger partial charge < -0.3 is 20.5 Å². The summed E-state index contributed by atoms with van der Waals surface area (Å²) >= 11 is 5.93. The molecule has 3 atom stereocenters. The van der Waals surface area contributed by atoms with Gasteiger partial charge in [0, 0.05) is 35.5 Å². The normalized spacial score (nSPS) is 24.0. The van der Waals surface area contributed by atoms with Gasteiger partial charge in [0.15, 0.2) is 0 Å². The molecule has 2 aliphatic rings. The fourth-order valence-corrected chi connectivity index (χ4v) is 4.59. The quantitative estimate of drug-likeness (QED) is 0.609. The average Bonchev–Trinajstić information content (AvgIpc) is 3.27. The van der Waals surface area contributed by atoms with Crippen LogP contribution < -0.4 is 10.6 Å². The van der Waals surface area contributed by atoms with Gasteiger partial charge in [0.25, 0.3) is 0 Å². The lowest BCUT2D eigenvalue weighted by atomic mass is 9.98. The maximum absolute atomic E-state index is 13.6. The SMILES string of the molecule is O=C1C(Nc2cc(F)cc(Cl)c2)CC2CCC(Nc3ncnc4[nH]ccc34)CN12. The molecule has 0 spiro atoms. The van der Waals surface area contributed by atoms with Crippen LogP contribution in [0.4, 0.5) is 15.9 Å². The number of aromatic nitrogens is 3. The lowest BCUT2D eigenvalue weighted by Gasteiger charge is -2.35. The summed E-state index contributed by atoms with van der Waals surface area (Å²) < 4.78 is 13.6. The lowest BCUT2D eigenvalue weighted by Crippen LogP contribution is -2.47. The number of H-pyrrole nitrogens is 1. The van der Waals surface area contributed by atoms with Crippen LogP contribution in [0.1, 0.15) is 19.3 Å². The van der Waals surface area contributed by atoms with Gasteiger partial charge in [-0.15, -0.1) is 0 Å². The summed E-state index contributed by atoms with van der Waals surface area (Å²) in [7, 11) is 0. The van der Waals surface area contributed by atoms with Crippen LogP contribution in [0.3, 0.4) is 0 Å². The average molecular weight is 415 g/mol. The molecule has 4 heterocycles. The van der Waals surface area contributed by atoms with Crippen molar-refractivity contribution in [1.29, 1.82) is 0 Å². The topological polar surface area (TPSA) is 85.9 Å². The summed E-state index contributed by atoms with van der Waals surface area (Å²) in [5.41, 5.74) is 1.31. The summed E-state index contributed by atoms with van der Waals surface area (Å²) in [5.74, 6) is 0.389. The second-order valence-corrected chi connectivity index (χ2v) is 8.05. The van der Waals surface area contributed by atoms with Gasteiger partial charge in [-0.25, -0.2) is 14.4 Å². The molecule has 3 aromatic rings. The first-order valence-corrected chi connectivity index (χ1v) is 10.0. The monoisotopic (exact) mass is 414 g/mol. The van der Waals surface area contributed by atoms with E-state index < -0.39 is 5.82 Å². The Morgan fingerprint density at radius 2 is 2.10 bits per heavy atom.